The molecule has 1 aliphatic heterocycles. The Bertz CT molecular complexity index is 895. The maximum absolute atomic E-state index is 12.3. The van der Waals surface area contributed by atoms with E-state index >= 15 is 0 Å². The second kappa shape index (κ2) is 7.90. The third-order valence-electron chi connectivity index (χ3n) is 4.47. The molecule has 7 nitrogen and oxygen atoms in total. The van der Waals surface area contributed by atoms with Gasteiger partial charge in [0.05, 0.1) is 0 Å². The first-order valence-electron chi connectivity index (χ1n) is 8.69. The van der Waals surface area contributed by atoms with Gasteiger partial charge in [0.25, 0.3) is 5.91 Å². The fraction of sp³-hybridized carbons (Fsp3) is 0.250. The van der Waals surface area contributed by atoms with Crippen molar-refractivity contribution in [2.75, 3.05) is 24.2 Å². The van der Waals surface area contributed by atoms with Gasteiger partial charge >= 0.3 is 12.0 Å². The molecule has 2 aromatic carbocycles. The van der Waals surface area contributed by atoms with E-state index in [1.165, 1.54) is 0 Å². The molecule has 0 saturated heterocycles. The summed E-state index contributed by atoms with van der Waals surface area (Å²) in [6.07, 6.45) is 1.23. The number of fused-ring (bicyclic) bond motifs is 1. The van der Waals surface area contributed by atoms with Gasteiger partial charge in [-0.3, -0.25) is 9.59 Å². The Kier molecular flexibility index (Phi) is 5.40. The summed E-state index contributed by atoms with van der Waals surface area (Å²) in [6, 6.07) is 12.0. The Hall–Kier alpha value is -3.35. The molecule has 0 radical (unpaired) electrons. The number of nitrogens with zero attached hydrogens (tertiary/aromatic N) is 1. The number of nitrogens with one attached hydrogen (secondary N) is 2. The summed E-state index contributed by atoms with van der Waals surface area (Å²) in [5.74, 6) is -0.912. The topological polar surface area (TPSA) is 98.7 Å². The van der Waals surface area contributed by atoms with E-state index in [4.69, 9.17) is 5.11 Å². The van der Waals surface area contributed by atoms with Crippen molar-refractivity contribution in [3.05, 3.63) is 59.2 Å². The number of benzene rings is 2. The fourth-order valence-corrected chi connectivity index (χ4v) is 3.02. The van der Waals surface area contributed by atoms with Crippen LogP contribution in [0.2, 0.25) is 0 Å². The van der Waals surface area contributed by atoms with Crippen molar-refractivity contribution in [1.29, 1.82) is 0 Å². The molecule has 0 aromatic heterocycles. The van der Waals surface area contributed by atoms with Crippen LogP contribution < -0.4 is 10.6 Å². The molecule has 7 heteroatoms. The van der Waals surface area contributed by atoms with E-state index in [1.54, 1.807) is 42.3 Å². The standard InChI is InChI=1S/C20H21N3O4/c1-23-10-9-14-6-7-16(12-17(14)19(23)26)22-20(27)21-15-4-2-3-13(11-15)5-8-18(24)25/h2-4,6-7,11-12H,5,8-10H2,1H3,(H,24,25)(H2,21,22,27). The summed E-state index contributed by atoms with van der Waals surface area (Å²) >= 11 is 0. The first kappa shape index (κ1) is 18.4. The average molecular weight is 367 g/mol. The van der Waals surface area contributed by atoms with Crippen LogP contribution in [0.5, 0.6) is 0 Å². The van der Waals surface area contributed by atoms with E-state index in [0.717, 1.165) is 17.5 Å². The van der Waals surface area contributed by atoms with Crippen molar-refractivity contribution in [2.45, 2.75) is 19.3 Å². The largest absolute Gasteiger partial charge is 0.481 e. The molecule has 0 spiro atoms. The van der Waals surface area contributed by atoms with Gasteiger partial charge in [-0.25, -0.2) is 4.79 Å². The molecule has 140 valence electrons. The lowest BCUT2D eigenvalue weighted by atomic mass is 9.99. The highest BCUT2D eigenvalue weighted by atomic mass is 16.4. The highest BCUT2D eigenvalue weighted by Gasteiger charge is 2.21. The van der Waals surface area contributed by atoms with Crippen LogP contribution in [0.3, 0.4) is 0 Å². The predicted octanol–water partition coefficient (Wildman–Crippen LogP) is 2.98. The zero-order valence-electron chi connectivity index (χ0n) is 15.0. The van der Waals surface area contributed by atoms with Crippen LogP contribution in [0.4, 0.5) is 16.2 Å². The van der Waals surface area contributed by atoms with E-state index in [0.29, 0.717) is 29.9 Å². The number of rotatable bonds is 5. The third-order valence-corrected chi connectivity index (χ3v) is 4.47. The van der Waals surface area contributed by atoms with Crippen molar-refractivity contribution in [1.82, 2.24) is 4.90 Å². The van der Waals surface area contributed by atoms with Crippen LogP contribution in [0.15, 0.2) is 42.5 Å². The molecule has 1 heterocycles. The number of carbonyl (C=O) groups excluding carboxylic acids is 2. The molecule has 27 heavy (non-hydrogen) atoms. The lowest BCUT2D eigenvalue weighted by Crippen LogP contribution is -2.34. The van der Waals surface area contributed by atoms with E-state index in [-0.39, 0.29) is 12.3 Å². The van der Waals surface area contributed by atoms with Crippen molar-refractivity contribution >= 4 is 29.3 Å². The minimum Gasteiger partial charge on any atom is -0.481 e. The van der Waals surface area contributed by atoms with E-state index in [2.05, 4.69) is 10.6 Å². The van der Waals surface area contributed by atoms with Gasteiger partial charge in [0.1, 0.15) is 0 Å². The Labute approximate surface area is 157 Å². The molecule has 1 aliphatic rings. The van der Waals surface area contributed by atoms with Crippen molar-refractivity contribution in [3.63, 3.8) is 0 Å². The lowest BCUT2D eigenvalue weighted by Gasteiger charge is -2.25. The molecule has 0 aliphatic carbocycles. The monoisotopic (exact) mass is 367 g/mol. The number of carbonyl (C=O) groups is 3. The summed E-state index contributed by atoms with van der Waals surface area (Å²) in [7, 11) is 1.76. The second-order valence-electron chi connectivity index (χ2n) is 6.52. The number of hydrogen-bond acceptors (Lipinski definition) is 3. The number of likely N-dealkylation sites (N-methyl/N-ethyl adjacent to an activating group) is 1. The van der Waals surface area contributed by atoms with Crippen LogP contribution >= 0.6 is 0 Å². The van der Waals surface area contributed by atoms with Gasteiger partial charge in [0.2, 0.25) is 0 Å². The minimum atomic E-state index is -0.862. The van der Waals surface area contributed by atoms with Crippen LogP contribution in [0.25, 0.3) is 0 Å². The molecule has 3 amide bonds. The van der Waals surface area contributed by atoms with E-state index in [1.807, 2.05) is 12.1 Å². The molecule has 3 N–H and O–H groups in total. The van der Waals surface area contributed by atoms with Gasteiger partial charge in [0.15, 0.2) is 0 Å². The highest BCUT2D eigenvalue weighted by molar-refractivity contribution is 6.02. The van der Waals surface area contributed by atoms with Gasteiger partial charge in [-0.1, -0.05) is 18.2 Å². The number of amides is 3. The molecule has 2 aromatic rings. The summed E-state index contributed by atoms with van der Waals surface area (Å²) in [4.78, 5) is 36.8. The molecular weight excluding hydrogens is 346 g/mol. The molecule has 0 bridgehead atoms. The first-order chi connectivity index (χ1) is 12.9. The van der Waals surface area contributed by atoms with Crippen molar-refractivity contribution in [2.24, 2.45) is 0 Å². The van der Waals surface area contributed by atoms with Crippen LogP contribution in [0.1, 0.15) is 27.9 Å². The van der Waals surface area contributed by atoms with Gasteiger partial charge in [-0.15, -0.1) is 0 Å². The smallest absolute Gasteiger partial charge is 0.323 e. The minimum absolute atomic E-state index is 0.0350. The van der Waals surface area contributed by atoms with Gasteiger partial charge in [0, 0.05) is 37.0 Å². The van der Waals surface area contributed by atoms with Gasteiger partial charge in [-0.05, 0) is 48.2 Å². The molecule has 0 unspecified atom stereocenters. The van der Waals surface area contributed by atoms with E-state index in [9.17, 15) is 14.4 Å². The van der Waals surface area contributed by atoms with Crippen molar-refractivity contribution < 1.29 is 19.5 Å². The number of carboxylic acids is 1. The molecule has 0 fully saturated rings. The quantitative estimate of drug-likeness (QED) is 0.756. The van der Waals surface area contributed by atoms with Crippen LogP contribution in [-0.2, 0) is 17.6 Å². The third kappa shape index (κ3) is 4.63. The number of urea groups is 1. The normalized spacial score (nSPS) is 13.1. The fourth-order valence-electron chi connectivity index (χ4n) is 3.02. The average Bonchev–Trinajstić information content (AvgIpc) is 2.63. The second-order valence-corrected chi connectivity index (χ2v) is 6.52. The Morgan fingerprint density at radius 2 is 1.85 bits per heavy atom. The Morgan fingerprint density at radius 1 is 1.11 bits per heavy atom. The summed E-state index contributed by atoms with van der Waals surface area (Å²) < 4.78 is 0. The van der Waals surface area contributed by atoms with Gasteiger partial charge in [-0.2, -0.15) is 0 Å². The predicted molar refractivity (Wildman–Crippen MR) is 102 cm³/mol. The molecule has 0 atom stereocenters. The number of hydrogen-bond donors (Lipinski definition) is 3. The van der Waals surface area contributed by atoms with Crippen molar-refractivity contribution in [3.8, 4) is 0 Å². The summed E-state index contributed by atoms with van der Waals surface area (Å²) in [5.41, 5.74) is 3.53. The number of aryl methyl sites for hydroxylation is 1. The van der Waals surface area contributed by atoms with Crippen LogP contribution in [-0.4, -0.2) is 41.5 Å². The van der Waals surface area contributed by atoms with Gasteiger partial charge < -0.3 is 20.6 Å². The maximum atomic E-state index is 12.3. The first-order valence-corrected chi connectivity index (χ1v) is 8.69. The Morgan fingerprint density at radius 3 is 2.59 bits per heavy atom. The zero-order chi connectivity index (χ0) is 19.4. The lowest BCUT2D eigenvalue weighted by molar-refractivity contribution is -0.136. The SMILES string of the molecule is CN1CCc2ccc(NC(=O)Nc3cccc(CCC(=O)O)c3)cc2C1=O. The summed E-state index contributed by atoms with van der Waals surface area (Å²) in [5, 5.41) is 14.2. The highest BCUT2D eigenvalue weighted by Crippen LogP contribution is 2.22. The van der Waals surface area contributed by atoms with E-state index < -0.39 is 12.0 Å². The summed E-state index contributed by atoms with van der Waals surface area (Å²) in [6.45, 7) is 0.692. The number of anilines is 2. The molecule has 0 saturated carbocycles. The zero-order valence-corrected chi connectivity index (χ0v) is 15.0. The number of aliphatic carboxylic acids is 1. The Balaban J connectivity index is 1.65. The number of carboxylic acid groups (broad SMARTS) is 1. The molecular formula is C20H21N3O4. The van der Waals surface area contributed by atoms with Crippen LogP contribution in [0, 0.1) is 0 Å². The maximum Gasteiger partial charge on any atom is 0.323 e. The molecule has 3 rings (SSSR count).